The zero-order valence-corrected chi connectivity index (χ0v) is 37.8. The molecule has 0 radical (unpaired) electrons. The van der Waals surface area contributed by atoms with E-state index in [1.54, 1.807) is 44.6 Å². The van der Waals surface area contributed by atoms with E-state index < -0.39 is 0 Å². The third-order valence-corrected chi connectivity index (χ3v) is 14.0. The standard InChI is InChI=1S/C53H88/c1-14-21-50-48(44-26-30-46(31-27-44)52(12,16-3)36-19-22-39(5)6)34-35-49(51(50)43(15-2)25-18-24-42(11)38-41(9)10)45-28-32-47(33-29-45)53(13,17-4)37-20-23-40(7)8/h26,28,30,32,34-35,39-42,50H,14-25,27,29,31,33,36-38H2,1-13H3. The molecule has 0 amide bonds. The second kappa shape index (κ2) is 22.1. The molecule has 0 spiro atoms. The van der Waals surface area contributed by atoms with Gasteiger partial charge < -0.3 is 0 Å². The van der Waals surface area contributed by atoms with Crippen LogP contribution < -0.4 is 0 Å². The summed E-state index contributed by atoms with van der Waals surface area (Å²) in [4.78, 5) is 0. The minimum atomic E-state index is 0.331. The second-order valence-corrected chi connectivity index (χ2v) is 19.7. The minimum absolute atomic E-state index is 0.331. The van der Waals surface area contributed by atoms with E-state index >= 15 is 0 Å². The van der Waals surface area contributed by atoms with E-state index in [4.69, 9.17) is 0 Å². The van der Waals surface area contributed by atoms with Gasteiger partial charge >= 0.3 is 0 Å². The average molecular weight is 725 g/mol. The first kappa shape index (κ1) is 45.6. The highest BCUT2D eigenvalue weighted by atomic mass is 14.4. The van der Waals surface area contributed by atoms with Crippen LogP contribution in [0.25, 0.3) is 0 Å². The molecule has 0 N–H and O–H groups in total. The summed E-state index contributed by atoms with van der Waals surface area (Å²) in [6.07, 6.45) is 39.7. The molecule has 0 nitrogen and oxygen atoms in total. The summed E-state index contributed by atoms with van der Waals surface area (Å²) in [5.41, 5.74) is 14.0. The number of allylic oxidation sites excluding steroid dienone is 14. The van der Waals surface area contributed by atoms with Crippen molar-refractivity contribution in [2.24, 2.45) is 40.4 Å². The lowest BCUT2D eigenvalue weighted by Gasteiger charge is -2.37. The summed E-state index contributed by atoms with van der Waals surface area (Å²) in [5.74, 6) is 3.71. The SMILES string of the molecule is CCCC1C(C2=CC=C(C(C)(CC)CCCC(C)C)CC2)=CC=C(C2=CC=C(C(C)(CC)CCCC(C)C)CC2)C1=C(CC)CCCC(C)CC(C)C. The van der Waals surface area contributed by atoms with Crippen LogP contribution in [0.5, 0.6) is 0 Å². The Bertz CT molecular complexity index is 1360. The number of rotatable bonds is 23. The minimum Gasteiger partial charge on any atom is -0.0661 e. The summed E-state index contributed by atoms with van der Waals surface area (Å²) in [6.45, 7) is 31.6. The maximum Gasteiger partial charge on any atom is 0.00975 e. The smallest absolute Gasteiger partial charge is 0.00975 e. The van der Waals surface area contributed by atoms with Gasteiger partial charge in [-0.2, -0.15) is 0 Å². The van der Waals surface area contributed by atoms with Crippen molar-refractivity contribution >= 4 is 0 Å². The molecule has 0 heteroatoms. The Morgan fingerprint density at radius 2 is 1.17 bits per heavy atom. The third kappa shape index (κ3) is 13.1. The molecular weight excluding hydrogens is 637 g/mol. The summed E-state index contributed by atoms with van der Waals surface area (Å²) < 4.78 is 0. The van der Waals surface area contributed by atoms with E-state index in [1.807, 2.05) is 0 Å². The molecule has 3 rings (SSSR count). The van der Waals surface area contributed by atoms with Crippen molar-refractivity contribution in [3.05, 3.63) is 81.0 Å². The summed E-state index contributed by atoms with van der Waals surface area (Å²) in [6, 6.07) is 0. The largest absolute Gasteiger partial charge is 0.0661 e. The molecule has 0 heterocycles. The molecular formula is C53H88. The van der Waals surface area contributed by atoms with Crippen LogP contribution in [-0.2, 0) is 0 Å². The molecule has 0 aromatic rings. The van der Waals surface area contributed by atoms with Gasteiger partial charge in [0.05, 0.1) is 0 Å². The Labute approximate surface area is 332 Å². The van der Waals surface area contributed by atoms with Gasteiger partial charge in [-0.25, -0.2) is 0 Å². The van der Waals surface area contributed by atoms with Gasteiger partial charge in [-0.3, -0.25) is 0 Å². The van der Waals surface area contributed by atoms with Crippen LogP contribution in [-0.4, -0.2) is 0 Å². The van der Waals surface area contributed by atoms with E-state index in [-0.39, 0.29) is 0 Å². The topological polar surface area (TPSA) is 0 Å². The first-order valence-corrected chi connectivity index (χ1v) is 23.2. The van der Waals surface area contributed by atoms with Gasteiger partial charge in [-0.05, 0) is 146 Å². The monoisotopic (exact) mass is 725 g/mol. The summed E-state index contributed by atoms with van der Waals surface area (Å²) in [5, 5.41) is 0. The normalized spacial score (nSPS) is 22.1. The lowest BCUT2D eigenvalue weighted by molar-refractivity contribution is 0.316. The highest BCUT2D eigenvalue weighted by Gasteiger charge is 2.34. The summed E-state index contributed by atoms with van der Waals surface area (Å²) >= 11 is 0. The van der Waals surface area contributed by atoms with Gasteiger partial charge in [0.15, 0.2) is 0 Å². The molecule has 0 aliphatic heterocycles. The lowest BCUT2D eigenvalue weighted by atomic mass is 9.67. The molecule has 0 saturated heterocycles. The van der Waals surface area contributed by atoms with Crippen LogP contribution in [0.3, 0.4) is 0 Å². The predicted octanol–water partition coefficient (Wildman–Crippen LogP) is 17.6. The molecule has 3 aliphatic rings. The van der Waals surface area contributed by atoms with E-state index in [2.05, 4.69) is 126 Å². The Morgan fingerprint density at radius 1 is 0.623 bits per heavy atom. The second-order valence-electron chi connectivity index (χ2n) is 19.7. The van der Waals surface area contributed by atoms with E-state index in [0.29, 0.717) is 16.7 Å². The zero-order chi connectivity index (χ0) is 39.2. The highest BCUT2D eigenvalue weighted by Crippen LogP contribution is 2.49. The fourth-order valence-corrected chi connectivity index (χ4v) is 10.1. The van der Waals surface area contributed by atoms with Crippen LogP contribution in [0.4, 0.5) is 0 Å². The van der Waals surface area contributed by atoms with Crippen molar-refractivity contribution in [2.45, 2.75) is 212 Å². The maximum absolute atomic E-state index is 2.59. The Morgan fingerprint density at radius 3 is 1.60 bits per heavy atom. The lowest BCUT2D eigenvalue weighted by Crippen LogP contribution is -2.23. The van der Waals surface area contributed by atoms with E-state index in [1.165, 1.54) is 122 Å². The number of hydrogen-bond donors (Lipinski definition) is 0. The molecule has 0 bridgehead atoms. The molecule has 0 saturated carbocycles. The molecule has 4 unspecified atom stereocenters. The maximum atomic E-state index is 2.59. The highest BCUT2D eigenvalue weighted by molar-refractivity contribution is 5.61. The van der Waals surface area contributed by atoms with Crippen molar-refractivity contribution in [3.63, 3.8) is 0 Å². The van der Waals surface area contributed by atoms with Crippen molar-refractivity contribution < 1.29 is 0 Å². The zero-order valence-electron chi connectivity index (χ0n) is 37.8. The summed E-state index contributed by atoms with van der Waals surface area (Å²) in [7, 11) is 0. The van der Waals surface area contributed by atoms with Crippen LogP contribution >= 0.6 is 0 Å². The molecule has 0 fully saturated rings. The van der Waals surface area contributed by atoms with Crippen LogP contribution in [0, 0.1) is 40.4 Å². The Kier molecular flexibility index (Phi) is 19.0. The molecule has 3 aliphatic carbocycles. The van der Waals surface area contributed by atoms with Crippen molar-refractivity contribution in [3.8, 4) is 0 Å². The van der Waals surface area contributed by atoms with Gasteiger partial charge in [-0.15, -0.1) is 0 Å². The first-order valence-electron chi connectivity index (χ1n) is 23.2. The molecule has 300 valence electrons. The van der Waals surface area contributed by atoms with Crippen LogP contribution in [0.2, 0.25) is 0 Å². The van der Waals surface area contributed by atoms with Crippen LogP contribution in [0.15, 0.2) is 81.0 Å². The van der Waals surface area contributed by atoms with E-state index in [9.17, 15) is 0 Å². The molecule has 53 heavy (non-hydrogen) atoms. The molecule has 0 aromatic heterocycles. The van der Waals surface area contributed by atoms with Crippen LogP contribution in [0.1, 0.15) is 212 Å². The van der Waals surface area contributed by atoms with Crippen molar-refractivity contribution in [1.29, 1.82) is 0 Å². The van der Waals surface area contributed by atoms with Gasteiger partial charge in [0, 0.05) is 5.92 Å². The molecule has 0 aromatic carbocycles. The first-order chi connectivity index (χ1) is 25.2. The number of hydrogen-bond acceptors (Lipinski definition) is 0. The predicted molar refractivity (Wildman–Crippen MR) is 239 cm³/mol. The van der Waals surface area contributed by atoms with Gasteiger partial charge in [-0.1, -0.05) is 182 Å². The molecule has 4 atom stereocenters. The van der Waals surface area contributed by atoms with Crippen molar-refractivity contribution in [1.82, 2.24) is 0 Å². The van der Waals surface area contributed by atoms with Gasteiger partial charge in [0.1, 0.15) is 0 Å². The van der Waals surface area contributed by atoms with E-state index in [0.717, 1.165) is 23.7 Å². The van der Waals surface area contributed by atoms with Crippen molar-refractivity contribution in [2.75, 3.05) is 0 Å². The Hall–Kier alpha value is -1.82. The quantitative estimate of drug-likeness (QED) is 0.0984. The van der Waals surface area contributed by atoms with Gasteiger partial charge in [0.25, 0.3) is 0 Å². The third-order valence-electron chi connectivity index (χ3n) is 14.0. The fraction of sp³-hybridized carbons (Fsp3) is 0.736. The van der Waals surface area contributed by atoms with Gasteiger partial charge in [0.2, 0.25) is 0 Å². The fourth-order valence-electron chi connectivity index (χ4n) is 10.1. The average Bonchev–Trinajstić information content (AvgIpc) is 3.13. The Balaban J connectivity index is 2.06.